The van der Waals surface area contributed by atoms with Gasteiger partial charge in [0.2, 0.25) is 17.7 Å². The van der Waals surface area contributed by atoms with Crippen LogP contribution in [0.15, 0.2) is 53.8 Å². The molecule has 0 saturated carbocycles. The van der Waals surface area contributed by atoms with E-state index in [-0.39, 0.29) is 35.9 Å². The number of fused-ring (bicyclic) bond motifs is 2. The zero-order valence-electron chi connectivity index (χ0n) is 30.2. The summed E-state index contributed by atoms with van der Waals surface area (Å²) in [6, 6.07) is 10.1. The molecule has 15 heteroatoms. The predicted molar refractivity (Wildman–Crippen MR) is 203 cm³/mol. The van der Waals surface area contributed by atoms with Crippen molar-refractivity contribution in [2.24, 2.45) is 10.7 Å². The van der Waals surface area contributed by atoms with Crippen LogP contribution in [0.5, 0.6) is 0 Å². The SMILES string of the molecule is NC=C(C=NC1CCN(C(=O)CCCCCNc2ccc3c(c2)C(=O)N(C2CCC(=O)NC2=O)C3=O)CC1)c1cnc2cccc(N3CCOCC3)c2n1. The summed E-state index contributed by atoms with van der Waals surface area (Å²) in [4.78, 5) is 82.4. The summed E-state index contributed by atoms with van der Waals surface area (Å²) in [5.74, 6) is -1.95. The highest BCUT2D eigenvalue weighted by atomic mass is 16.5. The molecule has 5 heterocycles. The van der Waals surface area contributed by atoms with Gasteiger partial charge >= 0.3 is 0 Å². The van der Waals surface area contributed by atoms with Gasteiger partial charge in [-0.25, -0.2) is 4.98 Å². The lowest BCUT2D eigenvalue weighted by atomic mass is 10.0. The van der Waals surface area contributed by atoms with Gasteiger partial charge in [0.1, 0.15) is 11.6 Å². The van der Waals surface area contributed by atoms with Gasteiger partial charge in [0, 0.05) is 69.2 Å². The number of aromatic nitrogens is 2. The number of amides is 5. The van der Waals surface area contributed by atoms with Crippen LogP contribution < -0.4 is 21.3 Å². The van der Waals surface area contributed by atoms with Gasteiger partial charge in [-0.15, -0.1) is 0 Å². The minimum Gasteiger partial charge on any atom is -0.404 e. The third-order valence-corrected chi connectivity index (χ3v) is 10.5. The first-order valence-electron chi connectivity index (χ1n) is 18.7. The molecule has 7 rings (SSSR count). The molecule has 1 unspecified atom stereocenters. The molecule has 15 nitrogen and oxygen atoms in total. The Balaban J connectivity index is 0.826. The molecule has 3 aromatic rings. The van der Waals surface area contributed by atoms with Crippen LogP contribution in [0.2, 0.25) is 0 Å². The van der Waals surface area contributed by atoms with E-state index in [1.54, 1.807) is 30.6 Å². The molecule has 4 aliphatic rings. The number of allylic oxidation sites excluding steroid dienone is 1. The Kier molecular flexibility index (Phi) is 11.2. The lowest BCUT2D eigenvalue weighted by Gasteiger charge is -2.30. The van der Waals surface area contributed by atoms with Gasteiger partial charge in [-0.05, 0) is 62.4 Å². The highest BCUT2D eigenvalue weighted by Gasteiger charge is 2.44. The fraction of sp³-hybridized carbons (Fsp3) is 0.436. The fourth-order valence-electron chi connectivity index (χ4n) is 7.41. The Bertz CT molecular complexity index is 2000. The Morgan fingerprint density at radius 1 is 0.981 bits per heavy atom. The van der Waals surface area contributed by atoms with Crippen LogP contribution in [0.4, 0.5) is 11.4 Å². The lowest BCUT2D eigenvalue weighted by molar-refractivity contribution is -0.136. The number of likely N-dealkylation sites (tertiary alicyclic amines) is 1. The van der Waals surface area contributed by atoms with E-state index >= 15 is 0 Å². The molecule has 0 bridgehead atoms. The van der Waals surface area contributed by atoms with Crippen LogP contribution in [-0.2, 0) is 19.1 Å². The Hall–Kier alpha value is -5.70. The van der Waals surface area contributed by atoms with E-state index in [0.29, 0.717) is 56.2 Å². The summed E-state index contributed by atoms with van der Waals surface area (Å²) in [5.41, 5.74) is 11.2. The van der Waals surface area contributed by atoms with Crippen molar-refractivity contribution >= 4 is 63.7 Å². The molecule has 2 aromatic carbocycles. The molecular weight excluding hydrogens is 690 g/mol. The summed E-state index contributed by atoms with van der Waals surface area (Å²) < 4.78 is 5.52. The fourth-order valence-corrected chi connectivity index (χ4v) is 7.41. The first-order valence-corrected chi connectivity index (χ1v) is 18.7. The molecule has 3 fully saturated rings. The third-order valence-electron chi connectivity index (χ3n) is 10.5. The minimum absolute atomic E-state index is 0.0755. The van der Waals surface area contributed by atoms with E-state index in [4.69, 9.17) is 20.4 Å². The summed E-state index contributed by atoms with van der Waals surface area (Å²) in [6.07, 6.45) is 9.67. The van der Waals surface area contributed by atoms with Crippen LogP contribution >= 0.6 is 0 Å². The van der Waals surface area contributed by atoms with E-state index in [2.05, 4.69) is 26.6 Å². The topological polar surface area (TPSA) is 193 Å². The standard InChI is InChI=1S/C39H45N9O6/c40-22-25(31-24-43-30-5-4-6-32(36(30)44-31)46-17-19-54-20-18-46)23-42-26-12-15-47(16-13-26)35(50)7-2-1-3-14-41-27-8-9-28-29(21-27)39(53)48(38(28)52)33-10-11-34(49)45-37(33)51/h4-6,8-9,21-24,26,33,41H,1-3,7,10-20,40H2,(H,45,49,51). The number of carbonyl (C=O) groups is 5. The number of carbonyl (C=O) groups excluding carboxylic acids is 5. The van der Waals surface area contributed by atoms with E-state index < -0.39 is 29.7 Å². The number of para-hydroxylation sites is 1. The maximum absolute atomic E-state index is 13.1. The van der Waals surface area contributed by atoms with Gasteiger partial charge in [0.05, 0.1) is 53.5 Å². The highest BCUT2D eigenvalue weighted by molar-refractivity contribution is 6.23. The summed E-state index contributed by atoms with van der Waals surface area (Å²) in [5, 5.41) is 5.50. The number of aliphatic imine (C=N–C) groups is 1. The van der Waals surface area contributed by atoms with Gasteiger partial charge in [-0.2, -0.15) is 0 Å². The minimum atomic E-state index is -0.992. The quantitative estimate of drug-likeness (QED) is 0.141. The number of anilines is 2. The molecule has 282 valence electrons. The third kappa shape index (κ3) is 7.95. The van der Waals surface area contributed by atoms with Crippen molar-refractivity contribution in [2.45, 2.75) is 63.5 Å². The second kappa shape index (κ2) is 16.5. The molecule has 1 aromatic heterocycles. The molecule has 5 amide bonds. The lowest BCUT2D eigenvalue weighted by Crippen LogP contribution is -2.54. The van der Waals surface area contributed by atoms with E-state index in [9.17, 15) is 24.0 Å². The van der Waals surface area contributed by atoms with E-state index in [0.717, 1.165) is 66.8 Å². The molecule has 0 radical (unpaired) electrons. The second-order valence-electron chi connectivity index (χ2n) is 14.0. The summed E-state index contributed by atoms with van der Waals surface area (Å²) >= 11 is 0. The Morgan fingerprint density at radius 2 is 1.78 bits per heavy atom. The van der Waals surface area contributed by atoms with Crippen molar-refractivity contribution in [2.75, 3.05) is 56.2 Å². The van der Waals surface area contributed by atoms with Crippen molar-refractivity contribution in [3.63, 3.8) is 0 Å². The molecule has 0 aliphatic carbocycles. The molecule has 54 heavy (non-hydrogen) atoms. The molecule has 3 saturated heterocycles. The first kappa shape index (κ1) is 36.6. The Labute approximate surface area is 313 Å². The van der Waals surface area contributed by atoms with E-state index in [1.807, 2.05) is 17.0 Å². The number of nitrogens with two attached hydrogens (primary N) is 1. The molecule has 0 spiro atoms. The number of rotatable bonds is 12. The zero-order valence-corrected chi connectivity index (χ0v) is 30.2. The number of piperidine rings is 2. The molecule has 1 atom stereocenters. The van der Waals surface area contributed by atoms with Crippen molar-refractivity contribution in [1.29, 1.82) is 0 Å². The van der Waals surface area contributed by atoms with Gasteiger partial charge in [0.15, 0.2) is 0 Å². The smallest absolute Gasteiger partial charge is 0.262 e. The normalized spacial score (nSPS) is 19.9. The van der Waals surface area contributed by atoms with Crippen molar-refractivity contribution in [3.8, 4) is 0 Å². The maximum Gasteiger partial charge on any atom is 0.262 e. The average molecular weight is 736 g/mol. The largest absolute Gasteiger partial charge is 0.404 e. The monoisotopic (exact) mass is 735 g/mol. The average Bonchev–Trinajstić information content (AvgIpc) is 3.44. The molecular formula is C39H45N9O6. The summed E-state index contributed by atoms with van der Waals surface area (Å²) in [6.45, 7) is 4.91. The van der Waals surface area contributed by atoms with Gasteiger partial charge in [0.25, 0.3) is 11.8 Å². The molecule has 4 N–H and O–H groups in total. The molecule has 4 aliphatic heterocycles. The van der Waals surface area contributed by atoms with Crippen LogP contribution in [0.25, 0.3) is 16.6 Å². The number of nitrogens with one attached hydrogen (secondary N) is 2. The van der Waals surface area contributed by atoms with Gasteiger partial charge in [-0.1, -0.05) is 12.5 Å². The van der Waals surface area contributed by atoms with Crippen LogP contribution in [-0.4, -0.2) is 114 Å². The van der Waals surface area contributed by atoms with Gasteiger partial charge in [-0.3, -0.25) is 44.2 Å². The zero-order chi connectivity index (χ0) is 37.6. The highest BCUT2D eigenvalue weighted by Crippen LogP contribution is 2.30. The number of imide groups is 2. The number of hydrogen-bond acceptors (Lipinski definition) is 12. The van der Waals surface area contributed by atoms with E-state index in [1.165, 1.54) is 6.20 Å². The van der Waals surface area contributed by atoms with Crippen molar-refractivity contribution in [3.05, 3.63) is 65.6 Å². The number of unbranched alkanes of at least 4 members (excludes halogenated alkanes) is 2. The number of hydrogen-bond donors (Lipinski definition) is 3. The number of ether oxygens (including phenoxy) is 1. The second-order valence-corrected chi connectivity index (χ2v) is 14.0. The van der Waals surface area contributed by atoms with Gasteiger partial charge < -0.3 is 25.6 Å². The number of benzene rings is 2. The summed E-state index contributed by atoms with van der Waals surface area (Å²) in [7, 11) is 0. The first-order chi connectivity index (χ1) is 26.3. The number of nitrogens with zero attached hydrogens (tertiary/aromatic N) is 6. The number of morpholine rings is 1. The van der Waals surface area contributed by atoms with Crippen molar-refractivity contribution in [1.82, 2.24) is 25.1 Å². The maximum atomic E-state index is 13.1. The Morgan fingerprint density at radius 3 is 2.56 bits per heavy atom. The predicted octanol–water partition coefficient (Wildman–Crippen LogP) is 2.90. The van der Waals surface area contributed by atoms with Crippen LogP contribution in [0, 0.1) is 0 Å². The van der Waals surface area contributed by atoms with Crippen LogP contribution in [0.3, 0.4) is 0 Å². The van der Waals surface area contributed by atoms with Crippen molar-refractivity contribution < 1.29 is 28.7 Å². The van der Waals surface area contributed by atoms with Crippen LogP contribution in [0.1, 0.15) is 77.8 Å².